The third-order valence-electron chi connectivity index (χ3n) is 3.90. The largest absolute Gasteiger partial charge is 0.450 e. The molecule has 21 heavy (non-hydrogen) atoms. The zero-order valence-corrected chi connectivity index (χ0v) is 13.2. The standard InChI is InChI=1S/C15H26N2O4/c1-9(2)17-11(4)10(3)5-14(16-17)21-15-7-12(19)6-13(8-18)20-15/h9,12-13,15,18-19H,5-8H2,1-4H3. The summed E-state index contributed by atoms with van der Waals surface area (Å²) in [6.07, 6.45) is 0.0595. The molecule has 1 saturated heterocycles. The lowest BCUT2D eigenvalue weighted by molar-refractivity contribution is -0.191. The molecule has 6 nitrogen and oxygen atoms in total. The molecule has 0 aliphatic carbocycles. The van der Waals surface area contributed by atoms with Crippen LogP contribution in [-0.2, 0) is 9.47 Å². The van der Waals surface area contributed by atoms with Crippen LogP contribution < -0.4 is 0 Å². The van der Waals surface area contributed by atoms with Crippen LogP contribution in [0.3, 0.4) is 0 Å². The Morgan fingerprint density at radius 3 is 2.71 bits per heavy atom. The molecular weight excluding hydrogens is 272 g/mol. The molecule has 2 aliphatic heterocycles. The van der Waals surface area contributed by atoms with Crippen molar-refractivity contribution in [3.05, 3.63) is 11.3 Å². The first-order valence-electron chi connectivity index (χ1n) is 7.54. The molecule has 0 radical (unpaired) electrons. The molecule has 2 aliphatic rings. The van der Waals surface area contributed by atoms with Crippen LogP contribution in [0.2, 0.25) is 0 Å². The van der Waals surface area contributed by atoms with E-state index in [1.807, 2.05) is 5.01 Å². The highest BCUT2D eigenvalue weighted by Gasteiger charge is 2.31. The Kier molecular flexibility index (Phi) is 5.24. The lowest BCUT2D eigenvalue weighted by Crippen LogP contribution is -2.40. The number of ether oxygens (including phenoxy) is 2. The quantitative estimate of drug-likeness (QED) is 0.827. The number of hydrogen-bond donors (Lipinski definition) is 2. The summed E-state index contributed by atoms with van der Waals surface area (Å²) >= 11 is 0. The van der Waals surface area contributed by atoms with E-state index >= 15 is 0 Å². The van der Waals surface area contributed by atoms with E-state index < -0.39 is 12.4 Å². The van der Waals surface area contributed by atoms with Gasteiger partial charge in [-0.1, -0.05) is 0 Å². The fraction of sp³-hybridized carbons (Fsp3) is 0.800. The summed E-state index contributed by atoms with van der Waals surface area (Å²) in [4.78, 5) is 0. The van der Waals surface area contributed by atoms with Gasteiger partial charge < -0.3 is 19.7 Å². The van der Waals surface area contributed by atoms with Gasteiger partial charge in [-0.25, -0.2) is 0 Å². The summed E-state index contributed by atoms with van der Waals surface area (Å²) in [6.45, 7) is 8.16. The van der Waals surface area contributed by atoms with Crippen LogP contribution in [0, 0.1) is 0 Å². The predicted octanol–water partition coefficient (Wildman–Crippen LogP) is 1.58. The SMILES string of the molecule is CC1=C(C)N(C(C)C)N=C(OC2CC(O)CC(CO)O2)C1. The molecular formula is C15H26N2O4. The molecule has 6 heteroatoms. The molecule has 1 fully saturated rings. The summed E-state index contributed by atoms with van der Waals surface area (Å²) < 4.78 is 11.4. The number of aliphatic hydroxyl groups excluding tert-OH is 2. The molecule has 2 N–H and O–H groups in total. The van der Waals surface area contributed by atoms with E-state index in [9.17, 15) is 10.2 Å². The molecule has 3 unspecified atom stereocenters. The summed E-state index contributed by atoms with van der Waals surface area (Å²) in [5.74, 6) is 0.600. The van der Waals surface area contributed by atoms with Gasteiger partial charge in [0.2, 0.25) is 12.2 Å². The summed E-state index contributed by atoms with van der Waals surface area (Å²) in [5, 5.41) is 25.5. The smallest absolute Gasteiger partial charge is 0.213 e. The molecule has 0 bridgehead atoms. The molecule has 0 aromatic carbocycles. The van der Waals surface area contributed by atoms with Crippen molar-refractivity contribution in [1.29, 1.82) is 0 Å². The molecule has 2 heterocycles. The average molecular weight is 298 g/mol. The van der Waals surface area contributed by atoms with Gasteiger partial charge in [-0.2, -0.15) is 0 Å². The molecule has 0 amide bonds. The molecule has 0 aromatic rings. The number of hydrogen-bond acceptors (Lipinski definition) is 6. The maximum Gasteiger partial charge on any atom is 0.213 e. The van der Waals surface area contributed by atoms with Gasteiger partial charge in [0.1, 0.15) is 0 Å². The minimum Gasteiger partial charge on any atom is -0.450 e. The third kappa shape index (κ3) is 3.96. The highest BCUT2D eigenvalue weighted by Crippen LogP contribution is 2.26. The van der Waals surface area contributed by atoms with E-state index in [0.29, 0.717) is 25.2 Å². The van der Waals surface area contributed by atoms with Gasteiger partial charge in [-0.15, -0.1) is 5.10 Å². The second-order valence-corrected chi connectivity index (χ2v) is 6.09. The van der Waals surface area contributed by atoms with E-state index in [-0.39, 0.29) is 18.8 Å². The highest BCUT2D eigenvalue weighted by atomic mass is 16.7. The lowest BCUT2D eigenvalue weighted by Gasteiger charge is -2.35. The topological polar surface area (TPSA) is 74.5 Å². The summed E-state index contributed by atoms with van der Waals surface area (Å²) in [5.41, 5.74) is 2.36. The first-order valence-corrected chi connectivity index (χ1v) is 7.54. The van der Waals surface area contributed by atoms with Crippen LogP contribution in [-0.4, -0.2) is 52.3 Å². The van der Waals surface area contributed by atoms with Gasteiger partial charge in [-0.05, 0) is 33.3 Å². The number of allylic oxidation sites excluding steroid dienone is 1. The van der Waals surface area contributed by atoms with Crippen molar-refractivity contribution in [2.24, 2.45) is 5.10 Å². The van der Waals surface area contributed by atoms with Crippen molar-refractivity contribution in [2.45, 2.75) is 71.5 Å². The van der Waals surface area contributed by atoms with Crippen molar-refractivity contribution in [2.75, 3.05) is 6.61 Å². The average Bonchev–Trinajstić information content (AvgIpc) is 2.41. The molecule has 0 aromatic heterocycles. The van der Waals surface area contributed by atoms with Crippen LogP contribution in [0.5, 0.6) is 0 Å². The van der Waals surface area contributed by atoms with Crippen LogP contribution in [0.15, 0.2) is 16.4 Å². The first kappa shape index (κ1) is 16.3. The number of hydrazone groups is 1. The molecule has 120 valence electrons. The van der Waals surface area contributed by atoms with Gasteiger partial charge >= 0.3 is 0 Å². The van der Waals surface area contributed by atoms with Gasteiger partial charge in [-0.3, -0.25) is 5.01 Å². The monoisotopic (exact) mass is 298 g/mol. The molecule has 3 atom stereocenters. The van der Waals surface area contributed by atoms with Crippen molar-refractivity contribution in [3.63, 3.8) is 0 Å². The molecule has 2 rings (SSSR count). The van der Waals surface area contributed by atoms with Crippen LogP contribution in [0.1, 0.15) is 47.0 Å². The molecule has 0 saturated carbocycles. The fourth-order valence-corrected chi connectivity index (χ4v) is 2.64. The van der Waals surface area contributed by atoms with E-state index in [2.05, 4.69) is 32.8 Å². The third-order valence-corrected chi connectivity index (χ3v) is 3.90. The van der Waals surface area contributed by atoms with Crippen molar-refractivity contribution < 1.29 is 19.7 Å². The maximum atomic E-state index is 9.81. The number of nitrogens with zero attached hydrogens (tertiary/aromatic N) is 2. The Labute approximate surface area is 126 Å². The Morgan fingerprint density at radius 2 is 2.10 bits per heavy atom. The van der Waals surface area contributed by atoms with E-state index in [0.717, 1.165) is 5.70 Å². The number of rotatable bonds is 3. The van der Waals surface area contributed by atoms with Crippen LogP contribution in [0.25, 0.3) is 0 Å². The van der Waals surface area contributed by atoms with Crippen LogP contribution >= 0.6 is 0 Å². The zero-order chi connectivity index (χ0) is 15.6. The second kappa shape index (κ2) is 6.77. The Hall–Kier alpha value is -1.11. The van der Waals surface area contributed by atoms with Crippen molar-refractivity contribution in [3.8, 4) is 0 Å². The zero-order valence-electron chi connectivity index (χ0n) is 13.2. The maximum absolute atomic E-state index is 9.81. The van der Waals surface area contributed by atoms with Gasteiger partial charge in [0.15, 0.2) is 0 Å². The second-order valence-electron chi connectivity index (χ2n) is 6.09. The van der Waals surface area contributed by atoms with Gasteiger partial charge in [0.05, 0.1) is 18.8 Å². The predicted molar refractivity (Wildman–Crippen MR) is 79.5 cm³/mol. The first-order chi connectivity index (χ1) is 9.90. The van der Waals surface area contributed by atoms with E-state index in [4.69, 9.17) is 9.47 Å². The van der Waals surface area contributed by atoms with Crippen molar-refractivity contribution in [1.82, 2.24) is 5.01 Å². The summed E-state index contributed by atoms with van der Waals surface area (Å²) in [6, 6.07) is 0.252. The minimum atomic E-state index is -0.551. The fourth-order valence-electron chi connectivity index (χ4n) is 2.64. The summed E-state index contributed by atoms with van der Waals surface area (Å²) in [7, 11) is 0. The normalized spacial score (nSPS) is 30.7. The Bertz CT molecular complexity index is 433. The van der Waals surface area contributed by atoms with E-state index in [1.165, 1.54) is 5.57 Å². The van der Waals surface area contributed by atoms with E-state index in [1.54, 1.807) is 0 Å². The van der Waals surface area contributed by atoms with Gasteiger partial charge in [0.25, 0.3) is 0 Å². The number of aliphatic hydroxyl groups is 2. The Balaban J connectivity index is 2.04. The van der Waals surface area contributed by atoms with Crippen LogP contribution in [0.4, 0.5) is 0 Å². The lowest BCUT2D eigenvalue weighted by atomic mass is 10.1. The highest BCUT2D eigenvalue weighted by molar-refractivity contribution is 5.79. The minimum absolute atomic E-state index is 0.112. The van der Waals surface area contributed by atoms with Crippen molar-refractivity contribution >= 4 is 5.90 Å². The van der Waals surface area contributed by atoms with Gasteiger partial charge in [0, 0.05) is 31.0 Å². The molecule has 0 spiro atoms. The Morgan fingerprint density at radius 1 is 1.38 bits per heavy atom.